The molecule has 0 fully saturated rings. The molecule has 0 bridgehead atoms. The maximum atomic E-state index is 14.1. The number of para-hydroxylation sites is 1. The molecule has 252 valence electrons. The molecule has 0 aliphatic heterocycles. The molecule has 0 radical (unpaired) electrons. The topological polar surface area (TPSA) is 185 Å². The molecule has 0 aliphatic carbocycles. The van der Waals surface area contributed by atoms with Gasteiger partial charge in [0.25, 0.3) is 5.91 Å². The van der Waals surface area contributed by atoms with Gasteiger partial charge in [-0.25, -0.2) is 15.2 Å². The summed E-state index contributed by atoms with van der Waals surface area (Å²) >= 11 is 0. The minimum absolute atomic E-state index is 0.0493. The number of amides is 4. The third-order valence-corrected chi connectivity index (χ3v) is 7.48. The first kappa shape index (κ1) is 35.5. The Labute approximate surface area is 279 Å². The van der Waals surface area contributed by atoms with Crippen LogP contribution >= 0.6 is 0 Å². The zero-order valence-corrected chi connectivity index (χ0v) is 27.2. The highest BCUT2D eigenvalue weighted by molar-refractivity contribution is 5.99. The number of carbonyl (C=O) groups is 4. The van der Waals surface area contributed by atoms with Crippen molar-refractivity contribution in [2.24, 2.45) is 5.73 Å². The quantitative estimate of drug-likeness (QED) is 0.112. The molecule has 0 aliphatic rings. The monoisotopic (exact) mass is 654 g/mol. The molecule has 1 aromatic heterocycles. The Morgan fingerprint density at radius 2 is 1.42 bits per heavy atom. The van der Waals surface area contributed by atoms with Crippen LogP contribution in [-0.4, -0.2) is 63.7 Å². The molecule has 0 saturated carbocycles. The fourth-order valence-electron chi connectivity index (χ4n) is 5.28. The van der Waals surface area contributed by atoms with Crippen molar-refractivity contribution in [2.45, 2.75) is 63.3 Å². The van der Waals surface area contributed by atoms with Crippen LogP contribution < -0.4 is 27.2 Å². The summed E-state index contributed by atoms with van der Waals surface area (Å²) in [5.74, 6) is -2.24. The molecule has 3 aromatic carbocycles. The predicted octanol–water partition coefficient (Wildman–Crippen LogP) is 2.94. The third kappa shape index (κ3) is 10.3. The molecular weight excluding hydrogens is 612 g/mol. The molecular formula is C36H42N6O6. The zero-order valence-electron chi connectivity index (χ0n) is 27.2. The van der Waals surface area contributed by atoms with Crippen molar-refractivity contribution < 1.29 is 29.0 Å². The standard InChI is InChI=1S/C36H42N6O6/c1-35(2,3)48-34(47)42-38-23-30(43)36(21-24-12-6-4-7-13-24,22-25-14-8-5-9-15-25)41-33(46)29(20-31(37)44)40-32(45)28-19-18-26-16-10-11-17-27(26)39-28/h4-19,29-30,38,43H,20-23H2,1-3H3,(H2,37,44)(H,40,45)(H,41,46)(H,42,47)/t29-,30-/m0/s1. The Morgan fingerprint density at radius 3 is 2.00 bits per heavy atom. The summed E-state index contributed by atoms with van der Waals surface area (Å²) < 4.78 is 5.27. The third-order valence-electron chi connectivity index (χ3n) is 7.48. The number of aromatic nitrogens is 1. The number of nitrogens with two attached hydrogens (primary N) is 1. The first-order valence-corrected chi connectivity index (χ1v) is 15.6. The average Bonchev–Trinajstić information content (AvgIpc) is 3.04. The SMILES string of the molecule is CC(C)(C)OC(=O)NNC[C@H](O)C(Cc1ccccc1)(Cc1ccccc1)NC(=O)[C@H](CC(N)=O)NC(=O)c1ccc2ccccc2n1. The van der Waals surface area contributed by atoms with Crippen LogP contribution in [0.4, 0.5) is 4.79 Å². The largest absolute Gasteiger partial charge is 0.443 e. The summed E-state index contributed by atoms with van der Waals surface area (Å²) in [5, 5.41) is 18.3. The number of aliphatic hydroxyl groups is 1. The van der Waals surface area contributed by atoms with Crippen molar-refractivity contribution in [3.8, 4) is 0 Å². The van der Waals surface area contributed by atoms with Gasteiger partial charge in [-0.15, -0.1) is 0 Å². The van der Waals surface area contributed by atoms with Gasteiger partial charge in [-0.05, 0) is 56.9 Å². The Balaban J connectivity index is 1.65. The summed E-state index contributed by atoms with van der Waals surface area (Å²) in [6, 6.07) is 27.6. The van der Waals surface area contributed by atoms with E-state index in [1.165, 1.54) is 6.07 Å². The number of primary amides is 1. The number of nitrogens with zero attached hydrogens (tertiary/aromatic N) is 1. The first-order chi connectivity index (χ1) is 22.8. The average molecular weight is 655 g/mol. The van der Waals surface area contributed by atoms with Gasteiger partial charge >= 0.3 is 6.09 Å². The van der Waals surface area contributed by atoms with Crippen LogP contribution in [0.15, 0.2) is 97.1 Å². The highest BCUT2D eigenvalue weighted by Crippen LogP contribution is 2.25. The Kier molecular flexibility index (Phi) is 11.8. The van der Waals surface area contributed by atoms with E-state index in [1.54, 1.807) is 39.0 Å². The molecule has 4 amide bonds. The number of carbonyl (C=O) groups excluding carboxylic acids is 4. The highest BCUT2D eigenvalue weighted by Gasteiger charge is 2.41. The van der Waals surface area contributed by atoms with E-state index in [1.807, 2.05) is 72.8 Å². The molecule has 7 N–H and O–H groups in total. The predicted molar refractivity (Wildman–Crippen MR) is 181 cm³/mol. The fraction of sp³-hybridized carbons (Fsp3) is 0.306. The molecule has 2 atom stereocenters. The number of nitrogens with one attached hydrogen (secondary N) is 4. The second-order valence-electron chi connectivity index (χ2n) is 12.6. The van der Waals surface area contributed by atoms with Crippen LogP contribution in [0, 0.1) is 0 Å². The number of aliphatic hydroxyl groups excluding tert-OH is 1. The maximum absolute atomic E-state index is 14.1. The lowest BCUT2D eigenvalue weighted by atomic mass is 9.79. The van der Waals surface area contributed by atoms with Gasteiger partial charge in [0.05, 0.1) is 23.6 Å². The number of hydrogen-bond donors (Lipinski definition) is 6. The summed E-state index contributed by atoms with van der Waals surface area (Å²) in [7, 11) is 0. The van der Waals surface area contributed by atoms with Gasteiger partial charge in [0.1, 0.15) is 17.3 Å². The van der Waals surface area contributed by atoms with Gasteiger partial charge in [-0.1, -0.05) is 84.9 Å². The molecule has 0 spiro atoms. The smallest absolute Gasteiger partial charge is 0.422 e. The first-order valence-electron chi connectivity index (χ1n) is 15.6. The van der Waals surface area contributed by atoms with Crippen LogP contribution in [0.2, 0.25) is 0 Å². The molecule has 48 heavy (non-hydrogen) atoms. The van der Waals surface area contributed by atoms with Crippen molar-refractivity contribution in [3.63, 3.8) is 0 Å². The number of pyridine rings is 1. The molecule has 4 aromatic rings. The Hall–Kier alpha value is -5.33. The van der Waals surface area contributed by atoms with Crippen molar-refractivity contribution >= 4 is 34.7 Å². The van der Waals surface area contributed by atoms with Gasteiger partial charge in [-0.2, -0.15) is 0 Å². The lowest BCUT2D eigenvalue weighted by Gasteiger charge is -2.40. The van der Waals surface area contributed by atoms with E-state index in [4.69, 9.17) is 10.5 Å². The number of hydrogen-bond acceptors (Lipinski definition) is 8. The molecule has 4 rings (SSSR count). The maximum Gasteiger partial charge on any atom is 0.422 e. The fourth-order valence-corrected chi connectivity index (χ4v) is 5.28. The Bertz CT molecular complexity index is 1670. The van der Waals surface area contributed by atoms with Gasteiger partial charge in [0.15, 0.2) is 0 Å². The number of ether oxygens (including phenoxy) is 1. The van der Waals surface area contributed by atoms with Crippen molar-refractivity contribution in [3.05, 3.63) is 114 Å². The van der Waals surface area contributed by atoms with Crippen LogP contribution in [-0.2, 0) is 27.2 Å². The lowest BCUT2D eigenvalue weighted by molar-refractivity contribution is -0.129. The Morgan fingerprint density at radius 1 is 0.833 bits per heavy atom. The van der Waals surface area contributed by atoms with Crippen LogP contribution in [0.25, 0.3) is 10.9 Å². The van der Waals surface area contributed by atoms with E-state index >= 15 is 0 Å². The van der Waals surface area contributed by atoms with Gasteiger partial charge in [0, 0.05) is 11.9 Å². The van der Waals surface area contributed by atoms with E-state index in [0.29, 0.717) is 5.52 Å². The van der Waals surface area contributed by atoms with Gasteiger partial charge in [-0.3, -0.25) is 19.8 Å². The lowest BCUT2D eigenvalue weighted by Crippen LogP contribution is -2.65. The van der Waals surface area contributed by atoms with Crippen molar-refractivity contribution in [1.29, 1.82) is 0 Å². The van der Waals surface area contributed by atoms with Gasteiger partial charge < -0.3 is 26.2 Å². The summed E-state index contributed by atoms with van der Waals surface area (Å²) in [4.78, 5) is 56.3. The molecule has 1 heterocycles. The second-order valence-corrected chi connectivity index (χ2v) is 12.6. The van der Waals surface area contributed by atoms with E-state index in [9.17, 15) is 24.3 Å². The van der Waals surface area contributed by atoms with Crippen molar-refractivity contribution in [1.82, 2.24) is 26.5 Å². The number of benzene rings is 3. The van der Waals surface area contributed by atoms with E-state index in [-0.39, 0.29) is 25.1 Å². The van der Waals surface area contributed by atoms with Gasteiger partial charge in [0.2, 0.25) is 11.8 Å². The van der Waals surface area contributed by atoms with E-state index in [0.717, 1.165) is 16.5 Å². The molecule has 12 nitrogen and oxygen atoms in total. The van der Waals surface area contributed by atoms with Crippen LogP contribution in [0.3, 0.4) is 0 Å². The summed E-state index contributed by atoms with van der Waals surface area (Å²) in [5.41, 5.74) is 10.7. The molecule has 0 unspecified atom stereocenters. The number of rotatable bonds is 14. The highest BCUT2D eigenvalue weighted by atomic mass is 16.6. The molecule has 12 heteroatoms. The van der Waals surface area contributed by atoms with Crippen molar-refractivity contribution in [2.75, 3.05) is 6.54 Å². The minimum atomic E-state index is -1.41. The number of hydrazine groups is 1. The minimum Gasteiger partial charge on any atom is -0.443 e. The summed E-state index contributed by atoms with van der Waals surface area (Å²) in [6.07, 6.45) is -2.28. The summed E-state index contributed by atoms with van der Waals surface area (Å²) in [6.45, 7) is 4.96. The molecule has 0 saturated heterocycles. The number of fused-ring (bicyclic) bond motifs is 1. The van der Waals surface area contributed by atoms with Crippen LogP contribution in [0.5, 0.6) is 0 Å². The van der Waals surface area contributed by atoms with E-state index in [2.05, 4.69) is 26.5 Å². The van der Waals surface area contributed by atoms with E-state index < -0.39 is 53.5 Å². The normalized spacial score (nSPS) is 12.8. The zero-order chi connectivity index (χ0) is 34.7. The van der Waals surface area contributed by atoms with Crippen LogP contribution in [0.1, 0.15) is 48.8 Å². The second kappa shape index (κ2) is 16.0.